The van der Waals surface area contributed by atoms with Crippen LogP contribution < -0.4 is 5.32 Å². The van der Waals surface area contributed by atoms with Crippen molar-refractivity contribution < 1.29 is 8.42 Å². The average Bonchev–Trinajstić information content (AvgIpc) is 2.15. The van der Waals surface area contributed by atoms with Crippen molar-refractivity contribution in [3.05, 3.63) is 24.3 Å². The fraction of sp³-hybridized carbons (Fsp3) is 0.300. The Morgan fingerprint density at radius 1 is 1.31 bits per heavy atom. The van der Waals surface area contributed by atoms with E-state index < -0.39 is 10.0 Å². The molecule has 4 nitrogen and oxygen atoms in total. The van der Waals surface area contributed by atoms with E-state index in [1.807, 2.05) is 0 Å². The first-order valence-electron chi connectivity index (χ1n) is 4.89. The second kappa shape index (κ2) is 3.71. The molecule has 0 aliphatic carbocycles. The van der Waals surface area contributed by atoms with E-state index in [-0.39, 0.29) is 16.0 Å². The molecule has 0 atom stereocenters. The molecule has 0 aromatic heterocycles. The molecule has 0 saturated carbocycles. The predicted octanol–water partition coefficient (Wildman–Crippen LogP) is 1.80. The Kier molecular flexibility index (Phi) is 2.63. The van der Waals surface area contributed by atoms with Crippen molar-refractivity contribution in [2.75, 3.05) is 5.32 Å². The normalized spacial score (nSPS) is 18.2. The first-order valence-corrected chi connectivity index (χ1v) is 6.74. The van der Waals surface area contributed by atoms with E-state index in [0.717, 1.165) is 0 Å². The average molecular weight is 256 g/mol. The molecule has 0 radical (unpaired) electrons. The van der Waals surface area contributed by atoms with Crippen molar-refractivity contribution in [1.82, 2.24) is 4.31 Å². The highest BCUT2D eigenvalue weighted by atomic mass is 32.2. The first-order chi connectivity index (χ1) is 7.44. The van der Waals surface area contributed by atoms with Crippen molar-refractivity contribution in [2.45, 2.75) is 24.8 Å². The van der Waals surface area contributed by atoms with Crippen molar-refractivity contribution in [1.29, 1.82) is 0 Å². The molecule has 0 unspecified atom stereocenters. The maximum Gasteiger partial charge on any atom is 0.268 e. The second-order valence-corrected chi connectivity index (χ2v) is 5.99. The van der Waals surface area contributed by atoms with Gasteiger partial charge in [-0.3, -0.25) is 0 Å². The van der Waals surface area contributed by atoms with E-state index in [0.29, 0.717) is 5.69 Å². The van der Waals surface area contributed by atoms with Crippen molar-refractivity contribution >= 4 is 33.0 Å². The molecule has 1 heterocycles. The van der Waals surface area contributed by atoms with Crippen LogP contribution in [0.25, 0.3) is 0 Å². The molecule has 2 rings (SSSR count). The molecule has 1 aliphatic heterocycles. The molecular formula is C10H12N2O2S2. The standard InChI is InChI=1S/C10H12N2O2S2/c1-7(2)12-10(15)11-8-5-3-4-6-9(8)16(12,13)14/h3-7H,1-2H3,(H,11,15). The first kappa shape index (κ1) is 11.3. The Balaban J connectivity index is 2.65. The summed E-state index contributed by atoms with van der Waals surface area (Å²) in [6, 6.07) is 6.56. The third kappa shape index (κ3) is 1.58. The van der Waals surface area contributed by atoms with E-state index in [9.17, 15) is 8.42 Å². The summed E-state index contributed by atoms with van der Waals surface area (Å²) in [5.74, 6) is 0. The summed E-state index contributed by atoms with van der Waals surface area (Å²) in [5, 5.41) is 3.16. The lowest BCUT2D eigenvalue weighted by Crippen LogP contribution is -2.47. The van der Waals surface area contributed by atoms with Crippen LogP contribution in [0.15, 0.2) is 29.2 Å². The van der Waals surface area contributed by atoms with Crippen LogP contribution in [-0.4, -0.2) is 23.9 Å². The van der Waals surface area contributed by atoms with Gasteiger partial charge < -0.3 is 5.32 Å². The summed E-state index contributed by atoms with van der Waals surface area (Å²) >= 11 is 5.06. The summed E-state index contributed by atoms with van der Waals surface area (Å²) in [6.07, 6.45) is 0. The van der Waals surface area contributed by atoms with E-state index in [1.54, 1.807) is 38.1 Å². The highest BCUT2D eigenvalue weighted by Gasteiger charge is 2.35. The van der Waals surface area contributed by atoms with Gasteiger partial charge in [-0.05, 0) is 38.2 Å². The van der Waals surface area contributed by atoms with Gasteiger partial charge in [0.05, 0.1) is 5.69 Å². The molecule has 0 fully saturated rings. The third-order valence-electron chi connectivity index (χ3n) is 2.33. The lowest BCUT2D eigenvalue weighted by Gasteiger charge is -2.33. The van der Waals surface area contributed by atoms with Gasteiger partial charge in [0.15, 0.2) is 5.11 Å². The number of hydrogen-bond acceptors (Lipinski definition) is 3. The van der Waals surface area contributed by atoms with Gasteiger partial charge in [0, 0.05) is 6.04 Å². The number of sulfonamides is 1. The van der Waals surface area contributed by atoms with Crippen molar-refractivity contribution in [3.63, 3.8) is 0 Å². The minimum Gasteiger partial charge on any atom is -0.331 e. The second-order valence-electron chi connectivity index (χ2n) is 3.82. The summed E-state index contributed by atoms with van der Waals surface area (Å²) in [6.45, 7) is 3.58. The molecule has 0 bridgehead atoms. The van der Waals surface area contributed by atoms with Gasteiger partial charge >= 0.3 is 0 Å². The van der Waals surface area contributed by atoms with E-state index in [1.165, 1.54) is 4.31 Å². The third-order valence-corrected chi connectivity index (χ3v) is 4.78. The number of rotatable bonds is 1. The van der Waals surface area contributed by atoms with Crippen LogP contribution in [0.4, 0.5) is 5.69 Å². The molecule has 86 valence electrons. The van der Waals surface area contributed by atoms with Gasteiger partial charge in [-0.15, -0.1) is 0 Å². The summed E-state index contributed by atoms with van der Waals surface area (Å²) in [4.78, 5) is 0.275. The molecule has 1 aromatic carbocycles. The van der Waals surface area contributed by atoms with Crippen LogP contribution in [0.3, 0.4) is 0 Å². The summed E-state index contributed by atoms with van der Waals surface area (Å²) in [5.41, 5.74) is 0.546. The van der Waals surface area contributed by atoms with Crippen LogP contribution in [0.2, 0.25) is 0 Å². The molecular weight excluding hydrogens is 244 g/mol. The van der Waals surface area contributed by atoms with Gasteiger partial charge in [-0.2, -0.15) is 0 Å². The molecule has 6 heteroatoms. The Morgan fingerprint density at radius 2 is 1.94 bits per heavy atom. The summed E-state index contributed by atoms with van der Waals surface area (Å²) in [7, 11) is -3.50. The molecule has 1 aromatic rings. The predicted molar refractivity (Wildman–Crippen MR) is 66.8 cm³/mol. The Labute approximate surface area is 100 Å². The van der Waals surface area contributed by atoms with Gasteiger partial charge in [0.2, 0.25) is 0 Å². The van der Waals surface area contributed by atoms with Crippen LogP contribution in [0.5, 0.6) is 0 Å². The van der Waals surface area contributed by atoms with Crippen LogP contribution >= 0.6 is 12.2 Å². The Morgan fingerprint density at radius 3 is 2.56 bits per heavy atom. The number of nitrogens with zero attached hydrogens (tertiary/aromatic N) is 1. The quantitative estimate of drug-likeness (QED) is 0.778. The van der Waals surface area contributed by atoms with Crippen LogP contribution in [-0.2, 0) is 10.0 Å². The van der Waals surface area contributed by atoms with E-state index in [2.05, 4.69) is 5.32 Å². The fourth-order valence-corrected chi connectivity index (χ4v) is 3.99. The topological polar surface area (TPSA) is 49.4 Å². The maximum atomic E-state index is 12.3. The minimum absolute atomic E-state index is 0.196. The van der Waals surface area contributed by atoms with E-state index >= 15 is 0 Å². The zero-order valence-corrected chi connectivity index (χ0v) is 10.6. The number of anilines is 1. The number of hydrogen-bond donors (Lipinski definition) is 1. The molecule has 1 N–H and O–H groups in total. The Bertz CT molecular complexity index is 538. The molecule has 16 heavy (non-hydrogen) atoms. The zero-order chi connectivity index (χ0) is 11.9. The number of nitrogens with one attached hydrogen (secondary N) is 1. The van der Waals surface area contributed by atoms with Crippen LogP contribution in [0, 0.1) is 0 Å². The summed E-state index contributed by atoms with van der Waals surface area (Å²) < 4.78 is 25.7. The SMILES string of the molecule is CC(C)N1C(=S)Nc2ccccc2S1(=O)=O. The van der Waals surface area contributed by atoms with Gasteiger partial charge in [0.1, 0.15) is 4.90 Å². The smallest absolute Gasteiger partial charge is 0.268 e. The maximum absolute atomic E-state index is 12.3. The number of fused-ring (bicyclic) bond motifs is 1. The molecule has 1 aliphatic rings. The number of para-hydroxylation sites is 1. The van der Waals surface area contributed by atoms with Crippen LogP contribution in [0.1, 0.15) is 13.8 Å². The number of benzene rings is 1. The zero-order valence-electron chi connectivity index (χ0n) is 8.97. The molecule has 0 amide bonds. The largest absolute Gasteiger partial charge is 0.331 e. The lowest BCUT2D eigenvalue weighted by molar-refractivity contribution is 0.472. The highest BCUT2D eigenvalue weighted by molar-refractivity contribution is 7.92. The highest BCUT2D eigenvalue weighted by Crippen LogP contribution is 2.30. The molecule has 0 spiro atoms. The van der Waals surface area contributed by atoms with E-state index in [4.69, 9.17) is 12.2 Å². The van der Waals surface area contributed by atoms with Gasteiger partial charge in [-0.25, -0.2) is 12.7 Å². The van der Waals surface area contributed by atoms with Gasteiger partial charge in [0.25, 0.3) is 10.0 Å². The fourth-order valence-electron chi connectivity index (χ4n) is 1.69. The van der Waals surface area contributed by atoms with Crippen molar-refractivity contribution in [3.8, 4) is 0 Å². The van der Waals surface area contributed by atoms with Gasteiger partial charge in [-0.1, -0.05) is 12.1 Å². The minimum atomic E-state index is -3.50. The van der Waals surface area contributed by atoms with Crippen molar-refractivity contribution in [2.24, 2.45) is 0 Å². The molecule has 0 saturated heterocycles. The Hall–Kier alpha value is -1.14. The monoisotopic (exact) mass is 256 g/mol. The lowest BCUT2D eigenvalue weighted by atomic mass is 10.3. The number of thiocarbonyl (C=S) groups is 1.